The van der Waals surface area contributed by atoms with E-state index < -0.39 is 12.0 Å². The van der Waals surface area contributed by atoms with Crippen molar-refractivity contribution in [2.75, 3.05) is 5.75 Å². The van der Waals surface area contributed by atoms with E-state index in [9.17, 15) is 4.79 Å². The van der Waals surface area contributed by atoms with E-state index >= 15 is 0 Å². The van der Waals surface area contributed by atoms with Crippen LogP contribution in [0.5, 0.6) is 0 Å². The average Bonchev–Trinajstić information content (AvgIpc) is 2.56. The Bertz CT molecular complexity index is 169. The predicted octanol–water partition coefficient (Wildman–Crippen LogP) is 1.46. The van der Waals surface area contributed by atoms with Crippen LogP contribution in [0.25, 0.3) is 0 Å². The normalized spacial score (nSPS) is 24.5. The fraction of sp³-hybridized carbons (Fsp3) is 0.889. The van der Waals surface area contributed by atoms with Gasteiger partial charge in [0, 0.05) is 5.25 Å². The zero-order valence-electron chi connectivity index (χ0n) is 7.74. The molecule has 1 rings (SSSR count). The van der Waals surface area contributed by atoms with Crippen molar-refractivity contribution in [3.05, 3.63) is 0 Å². The zero-order chi connectivity index (χ0) is 9.68. The number of nitrogens with two attached hydrogens (primary N) is 1. The lowest BCUT2D eigenvalue weighted by molar-refractivity contribution is -0.138. The largest absolute Gasteiger partial charge is 0.480 e. The van der Waals surface area contributed by atoms with Gasteiger partial charge in [-0.1, -0.05) is 6.42 Å². The van der Waals surface area contributed by atoms with E-state index in [0.29, 0.717) is 6.42 Å². The standard InChI is InChI=1S/C9H17NO2S/c10-8(9(11)12)5-1-3-7-4-2-6-13-7/h7-8H,1-6,10H2,(H,11,12). The third kappa shape index (κ3) is 4.00. The summed E-state index contributed by atoms with van der Waals surface area (Å²) in [4.78, 5) is 10.4. The molecule has 0 aromatic heterocycles. The number of hydrogen-bond donors (Lipinski definition) is 2. The van der Waals surface area contributed by atoms with E-state index in [1.54, 1.807) is 0 Å². The van der Waals surface area contributed by atoms with Crippen molar-refractivity contribution in [3.63, 3.8) is 0 Å². The number of hydrogen-bond acceptors (Lipinski definition) is 3. The first-order valence-corrected chi connectivity index (χ1v) is 5.85. The van der Waals surface area contributed by atoms with Crippen LogP contribution in [0, 0.1) is 0 Å². The van der Waals surface area contributed by atoms with Gasteiger partial charge >= 0.3 is 5.97 Å². The van der Waals surface area contributed by atoms with E-state index in [1.165, 1.54) is 18.6 Å². The van der Waals surface area contributed by atoms with Gasteiger partial charge in [0.2, 0.25) is 0 Å². The highest BCUT2D eigenvalue weighted by Gasteiger charge is 2.16. The second-order valence-electron chi connectivity index (χ2n) is 3.51. The lowest BCUT2D eigenvalue weighted by atomic mass is 10.1. The first kappa shape index (κ1) is 10.9. The van der Waals surface area contributed by atoms with Gasteiger partial charge in [-0.25, -0.2) is 0 Å². The molecule has 3 N–H and O–H groups in total. The molecule has 1 heterocycles. The summed E-state index contributed by atoms with van der Waals surface area (Å²) in [6.07, 6.45) is 5.32. The van der Waals surface area contributed by atoms with E-state index in [4.69, 9.17) is 10.8 Å². The fourth-order valence-corrected chi connectivity index (χ4v) is 2.89. The van der Waals surface area contributed by atoms with Crippen molar-refractivity contribution in [3.8, 4) is 0 Å². The molecule has 3 nitrogen and oxygen atoms in total. The maximum absolute atomic E-state index is 10.4. The molecule has 0 aromatic rings. The van der Waals surface area contributed by atoms with Crippen molar-refractivity contribution in [1.82, 2.24) is 0 Å². The van der Waals surface area contributed by atoms with Gasteiger partial charge in [-0.05, 0) is 31.4 Å². The number of carboxylic acids is 1. The minimum atomic E-state index is -0.876. The number of rotatable bonds is 5. The zero-order valence-corrected chi connectivity index (χ0v) is 8.55. The van der Waals surface area contributed by atoms with Crippen LogP contribution in [0.2, 0.25) is 0 Å². The van der Waals surface area contributed by atoms with Crippen molar-refractivity contribution >= 4 is 17.7 Å². The number of carboxylic acid groups (broad SMARTS) is 1. The molecule has 2 unspecified atom stereocenters. The molecule has 0 aromatic carbocycles. The smallest absolute Gasteiger partial charge is 0.320 e. The molecular weight excluding hydrogens is 186 g/mol. The van der Waals surface area contributed by atoms with E-state index in [2.05, 4.69) is 0 Å². The molecule has 4 heteroatoms. The van der Waals surface area contributed by atoms with Gasteiger partial charge in [-0.2, -0.15) is 11.8 Å². The maximum atomic E-state index is 10.4. The van der Waals surface area contributed by atoms with E-state index in [0.717, 1.165) is 18.1 Å². The van der Waals surface area contributed by atoms with Crippen LogP contribution >= 0.6 is 11.8 Å². The molecule has 1 aliphatic rings. The number of aliphatic carboxylic acids is 1. The van der Waals surface area contributed by atoms with Crippen LogP contribution in [0.3, 0.4) is 0 Å². The van der Waals surface area contributed by atoms with E-state index in [-0.39, 0.29) is 0 Å². The summed E-state index contributed by atoms with van der Waals surface area (Å²) in [5, 5.41) is 9.31. The molecule has 0 amide bonds. The summed E-state index contributed by atoms with van der Waals surface area (Å²) >= 11 is 2.01. The predicted molar refractivity (Wildman–Crippen MR) is 54.9 cm³/mol. The highest BCUT2D eigenvalue weighted by Crippen LogP contribution is 2.29. The molecule has 13 heavy (non-hydrogen) atoms. The average molecular weight is 203 g/mol. The summed E-state index contributed by atoms with van der Waals surface area (Å²) < 4.78 is 0. The highest BCUT2D eigenvalue weighted by atomic mass is 32.2. The second-order valence-corrected chi connectivity index (χ2v) is 4.92. The lowest BCUT2D eigenvalue weighted by Crippen LogP contribution is -2.29. The Kier molecular flexibility index (Phi) is 4.59. The van der Waals surface area contributed by atoms with E-state index in [1.807, 2.05) is 11.8 Å². The summed E-state index contributed by atoms with van der Waals surface area (Å²) in [6.45, 7) is 0. The van der Waals surface area contributed by atoms with Gasteiger partial charge in [0.05, 0.1) is 0 Å². The molecule has 0 radical (unpaired) electrons. The second kappa shape index (κ2) is 5.50. The first-order valence-electron chi connectivity index (χ1n) is 4.80. The Hall–Kier alpha value is -0.220. The Labute approximate surface area is 83.1 Å². The minimum Gasteiger partial charge on any atom is -0.480 e. The molecule has 1 fully saturated rings. The maximum Gasteiger partial charge on any atom is 0.320 e. The van der Waals surface area contributed by atoms with Crippen molar-refractivity contribution in [2.24, 2.45) is 5.73 Å². The third-order valence-corrected chi connectivity index (χ3v) is 3.85. The Morgan fingerprint density at radius 1 is 1.69 bits per heavy atom. The molecule has 0 spiro atoms. The Balaban J connectivity index is 2.02. The quantitative estimate of drug-likeness (QED) is 0.710. The molecular formula is C9H17NO2S. The molecule has 0 bridgehead atoms. The number of carbonyl (C=O) groups is 1. The van der Waals surface area contributed by atoms with Gasteiger partial charge < -0.3 is 10.8 Å². The fourth-order valence-electron chi connectivity index (χ4n) is 1.56. The van der Waals surface area contributed by atoms with Crippen LogP contribution in [0.1, 0.15) is 32.1 Å². The molecule has 0 aliphatic carbocycles. The van der Waals surface area contributed by atoms with Crippen molar-refractivity contribution < 1.29 is 9.90 Å². The lowest BCUT2D eigenvalue weighted by Gasteiger charge is -2.09. The first-order chi connectivity index (χ1) is 6.20. The topological polar surface area (TPSA) is 63.3 Å². The van der Waals surface area contributed by atoms with Crippen LogP contribution < -0.4 is 5.73 Å². The van der Waals surface area contributed by atoms with Gasteiger partial charge in [0.1, 0.15) is 6.04 Å². The van der Waals surface area contributed by atoms with Gasteiger partial charge in [0.15, 0.2) is 0 Å². The Morgan fingerprint density at radius 3 is 3.00 bits per heavy atom. The van der Waals surface area contributed by atoms with Crippen molar-refractivity contribution in [1.29, 1.82) is 0 Å². The van der Waals surface area contributed by atoms with Crippen molar-refractivity contribution in [2.45, 2.75) is 43.4 Å². The molecule has 1 aliphatic heterocycles. The number of thioether (sulfide) groups is 1. The monoisotopic (exact) mass is 203 g/mol. The third-order valence-electron chi connectivity index (χ3n) is 2.38. The molecule has 76 valence electrons. The van der Waals surface area contributed by atoms with Gasteiger partial charge in [-0.15, -0.1) is 0 Å². The van der Waals surface area contributed by atoms with Gasteiger partial charge in [-0.3, -0.25) is 4.79 Å². The van der Waals surface area contributed by atoms with Gasteiger partial charge in [0.25, 0.3) is 0 Å². The highest BCUT2D eigenvalue weighted by molar-refractivity contribution is 8.00. The molecule has 0 saturated carbocycles. The summed E-state index contributed by atoms with van der Waals surface area (Å²) in [5.41, 5.74) is 5.39. The van der Waals surface area contributed by atoms with Crippen LogP contribution in [0.15, 0.2) is 0 Å². The summed E-state index contributed by atoms with van der Waals surface area (Å²) in [7, 11) is 0. The molecule has 1 saturated heterocycles. The Morgan fingerprint density at radius 2 is 2.46 bits per heavy atom. The van der Waals surface area contributed by atoms with Crippen LogP contribution in [-0.4, -0.2) is 28.1 Å². The van der Waals surface area contributed by atoms with Crippen LogP contribution in [-0.2, 0) is 4.79 Å². The minimum absolute atomic E-state index is 0.617. The molecule has 2 atom stereocenters. The van der Waals surface area contributed by atoms with Crippen LogP contribution in [0.4, 0.5) is 0 Å². The SMILES string of the molecule is NC(CCCC1CCCS1)C(=O)O. The summed E-state index contributed by atoms with van der Waals surface area (Å²) in [6, 6.07) is -0.661. The summed E-state index contributed by atoms with van der Waals surface area (Å²) in [5.74, 6) is 0.398.